The van der Waals surface area contributed by atoms with Crippen LogP contribution in [0.4, 0.5) is 0 Å². The van der Waals surface area contributed by atoms with Crippen LogP contribution < -0.4 is 4.74 Å². The van der Waals surface area contributed by atoms with Crippen molar-refractivity contribution >= 4 is 12.1 Å². The van der Waals surface area contributed by atoms with E-state index >= 15 is 0 Å². The van der Waals surface area contributed by atoms with Gasteiger partial charge in [0.1, 0.15) is 5.75 Å². The van der Waals surface area contributed by atoms with Crippen LogP contribution in [0, 0.1) is 5.92 Å². The van der Waals surface area contributed by atoms with Crippen LogP contribution >= 0.6 is 0 Å². The molecule has 0 aromatic heterocycles. The molecular formula is C23H30N2O2. The highest BCUT2D eigenvalue weighted by molar-refractivity contribution is 5.95. The molecule has 1 fully saturated rings. The lowest BCUT2D eigenvalue weighted by Crippen LogP contribution is -2.43. The fourth-order valence-electron chi connectivity index (χ4n) is 4.07. The van der Waals surface area contributed by atoms with Gasteiger partial charge in [-0.15, -0.1) is 0 Å². The highest BCUT2D eigenvalue weighted by atomic mass is 16.5. The van der Waals surface area contributed by atoms with Crippen molar-refractivity contribution in [2.75, 3.05) is 13.2 Å². The fourth-order valence-corrected chi connectivity index (χ4v) is 4.07. The average molecular weight is 367 g/mol. The molecular weight excluding hydrogens is 336 g/mol. The van der Waals surface area contributed by atoms with E-state index in [4.69, 9.17) is 4.74 Å². The van der Waals surface area contributed by atoms with Crippen molar-refractivity contribution in [2.45, 2.75) is 64.5 Å². The van der Waals surface area contributed by atoms with Crippen LogP contribution in [-0.2, 0) is 0 Å². The molecule has 0 saturated heterocycles. The predicted octanol–water partition coefficient (Wildman–Crippen LogP) is 4.65. The van der Waals surface area contributed by atoms with Crippen LogP contribution in [0.1, 0.15) is 62.7 Å². The number of rotatable bonds is 7. The Morgan fingerprint density at radius 3 is 2.67 bits per heavy atom. The van der Waals surface area contributed by atoms with E-state index in [1.807, 2.05) is 30.5 Å². The quantitative estimate of drug-likeness (QED) is 0.705. The minimum Gasteiger partial charge on any atom is -0.494 e. The third kappa shape index (κ3) is 4.26. The Bertz CT molecular complexity index is 744. The maximum Gasteiger partial charge on any atom is 0.254 e. The van der Waals surface area contributed by atoms with Gasteiger partial charge in [0.15, 0.2) is 0 Å². The normalized spacial score (nSPS) is 21.5. The number of aliphatic imine (C=N–C) groups is 1. The predicted molar refractivity (Wildman–Crippen MR) is 109 cm³/mol. The largest absolute Gasteiger partial charge is 0.494 e. The number of ether oxygens (including phenoxy) is 1. The third-order valence-electron chi connectivity index (χ3n) is 5.85. The van der Waals surface area contributed by atoms with Gasteiger partial charge in [0.05, 0.1) is 13.2 Å². The van der Waals surface area contributed by atoms with Crippen molar-refractivity contribution in [2.24, 2.45) is 10.9 Å². The Balaban J connectivity index is 1.43. The summed E-state index contributed by atoms with van der Waals surface area (Å²) < 4.78 is 5.79. The molecule has 1 heterocycles. The van der Waals surface area contributed by atoms with Crippen molar-refractivity contribution in [1.29, 1.82) is 0 Å². The van der Waals surface area contributed by atoms with Gasteiger partial charge in [-0.05, 0) is 79.9 Å². The lowest BCUT2D eigenvalue weighted by Gasteiger charge is -2.35. The molecule has 1 aromatic carbocycles. The van der Waals surface area contributed by atoms with Crippen molar-refractivity contribution in [3.8, 4) is 5.75 Å². The fraction of sp³-hybridized carbons (Fsp3) is 0.565. The molecule has 4 heteroatoms. The topological polar surface area (TPSA) is 41.9 Å². The van der Waals surface area contributed by atoms with E-state index in [1.165, 1.54) is 11.1 Å². The van der Waals surface area contributed by atoms with Crippen molar-refractivity contribution < 1.29 is 9.53 Å². The summed E-state index contributed by atoms with van der Waals surface area (Å²) in [6.07, 6.45) is 8.47. The molecule has 0 bridgehead atoms. The minimum atomic E-state index is 0.176. The van der Waals surface area contributed by atoms with Crippen LogP contribution in [0.15, 0.2) is 40.4 Å². The lowest BCUT2D eigenvalue weighted by molar-refractivity contribution is 0.0645. The number of hydrogen-bond donors (Lipinski definition) is 0. The highest BCUT2D eigenvalue weighted by Gasteiger charge is 2.39. The number of amides is 1. The highest BCUT2D eigenvalue weighted by Crippen LogP contribution is 2.37. The van der Waals surface area contributed by atoms with Gasteiger partial charge in [0, 0.05) is 23.9 Å². The van der Waals surface area contributed by atoms with Crippen LogP contribution in [0.5, 0.6) is 5.75 Å². The van der Waals surface area contributed by atoms with Gasteiger partial charge in [-0.3, -0.25) is 9.79 Å². The van der Waals surface area contributed by atoms with Crippen molar-refractivity contribution in [1.82, 2.24) is 4.90 Å². The lowest BCUT2D eigenvalue weighted by atomic mass is 9.88. The molecule has 1 aliphatic heterocycles. The number of benzene rings is 1. The first-order chi connectivity index (χ1) is 13.1. The Morgan fingerprint density at radius 2 is 1.96 bits per heavy atom. The molecule has 2 aliphatic carbocycles. The van der Waals surface area contributed by atoms with Gasteiger partial charge in [-0.1, -0.05) is 13.8 Å². The monoisotopic (exact) mass is 366 g/mol. The Morgan fingerprint density at radius 1 is 1.19 bits per heavy atom. The van der Waals surface area contributed by atoms with Crippen LogP contribution in [0.2, 0.25) is 0 Å². The van der Waals surface area contributed by atoms with Crippen molar-refractivity contribution in [3.63, 3.8) is 0 Å². The van der Waals surface area contributed by atoms with Crippen LogP contribution in [0.25, 0.3) is 0 Å². The first kappa shape index (κ1) is 18.3. The SMILES string of the molecule is CC(C)CCOc1ccc(C(=O)N(C2CC2)C2CCC3=C(C=NC3)C2)cc1. The molecule has 0 N–H and O–H groups in total. The van der Waals surface area contributed by atoms with E-state index in [2.05, 4.69) is 23.7 Å². The zero-order chi connectivity index (χ0) is 18.8. The molecule has 144 valence electrons. The zero-order valence-electron chi connectivity index (χ0n) is 16.5. The van der Waals surface area contributed by atoms with Gasteiger partial charge in [0.25, 0.3) is 5.91 Å². The van der Waals surface area contributed by atoms with Gasteiger partial charge < -0.3 is 9.64 Å². The molecule has 27 heavy (non-hydrogen) atoms. The Hall–Kier alpha value is -2.10. The van der Waals surface area contributed by atoms with Gasteiger partial charge in [-0.25, -0.2) is 0 Å². The number of nitrogens with zero attached hydrogens (tertiary/aromatic N) is 2. The smallest absolute Gasteiger partial charge is 0.254 e. The summed E-state index contributed by atoms with van der Waals surface area (Å²) in [7, 11) is 0. The second-order valence-corrected chi connectivity index (χ2v) is 8.49. The third-order valence-corrected chi connectivity index (χ3v) is 5.85. The standard InChI is InChI=1S/C23H30N2O2/c1-16(2)11-12-27-22-9-4-17(5-10-22)23(26)25(20-7-8-20)21-6-3-18-14-24-15-19(18)13-21/h4-5,9-10,15-16,20-21H,3,6-8,11-14H2,1-2H3. The maximum atomic E-state index is 13.3. The van der Waals surface area contributed by atoms with E-state index in [0.717, 1.165) is 63.0 Å². The molecule has 1 atom stereocenters. The summed E-state index contributed by atoms with van der Waals surface area (Å²) in [5.74, 6) is 1.66. The van der Waals surface area contributed by atoms with Crippen LogP contribution in [-0.4, -0.2) is 42.3 Å². The maximum absolute atomic E-state index is 13.3. The van der Waals surface area contributed by atoms with E-state index in [0.29, 0.717) is 18.0 Å². The molecule has 4 nitrogen and oxygen atoms in total. The van der Waals surface area contributed by atoms with E-state index in [9.17, 15) is 4.79 Å². The second kappa shape index (κ2) is 7.87. The van der Waals surface area contributed by atoms with E-state index in [1.54, 1.807) is 0 Å². The Kier molecular flexibility index (Phi) is 5.33. The summed E-state index contributed by atoms with van der Waals surface area (Å²) in [5, 5.41) is 0. The molecule has 1 aromatic rings. The second-order valence-electron chi connectivity index (χ2n) is 8.49. The zero-order valence-corrected chi connectivity index (χ0v) is 16.5. The summed E-state index contributed by atoms with van der Waals surface area (Å²) in [4.78, 5) is 19.9. The van der Waals surface area contributed by atoms with Gasteiger partial charge in [-0.2, -0.15) is 0 Å². The van der Waals surface area contributed by atoms with Gasteiger partial charge >= 0.3 is 0 Å². The Labute approximate surface area is 162 Å². The summed E-state index contributed by atoms with van der Waals surface area (Å²) in [6.45, 7) is 5.98. The minimum absolute atomic E-state index is 0.176. The van der Waals surface area contributed by atoms with E-state index < -0.39 is 0 Å². The summed E-state index contributed by atoms with van der Waals surface area (Å²) >= 11 is 0. The molecule has 0 radical (unpaired) electrons. The van der Waals surface area contributed by atoms with Crippen molar-refractivity contribution in [3.05, 3.63) is 41.0 Å². The van der Waals surface area contributed by atoms with E-state index in [-0.39, 0.29) is 5.91 Å². The molecule has 3 aliphatic rings. The number of carbonyl (C=O) groups excluding carboxylic acids is 1. The average Bonchev–Trinajstić information content (AvgIpc) is 3.38. The molecule has 1 unspecified atom stereocenters. The van der Waals surface area contributed by atoms with Gasteiger partial charge in [0.2, 0.25) is 0 Å². The molecule has 0 spiro atoms. The summed E-state index contributed by atoms with van der Waals surface area (Å²) in [5.41, 5.74) is 3.63. The molecule has 1 saturated carbocycles. The molecule has 4 rings (SSSR count). The summed E-state index contributed by atoms with van der Waals surface area (Å²) in [6, 6.07) is 8.45. The molecule has 1 amide bonds. The number of carbonyl (C=O) groups is 1. The first-order valence-corrected chi connectivity index (χ1v) is 10.4. The number of hydrogen-bond acceptors (Lipinski definition) is 3. The van der Waals surface area contributed by atoms with Crippen LogP contribution in [0.3, 0.4) is 0 Å². The first-order valence-electron chi connectivity index (χ1n) is 10.4.